The third-order valence-electron chi connectivity index (χ3n) is 5.93. The highest BCUT2D eigenvalue weighted by Crippen LogP contribution is 2.40. The van der Waals surface area contributed by atoms with Crippen LogP contribution in [0.4, 0.5) is 24.5 Å². The summed E-state index contributed by atoms with van der Waals surface area (Å²) in [4.78, 5) is 17.4. The standard InChI is InChI=1S/C23H26F3N3O/c1-15(2)27-22(30)19-13-16-12-17(23(24,25)26)8-9-20(16)29-11-10-28(14-21(19)29)18-6-4-3-5-7-18/h3-9,12,15,19,21H,10-11,13-14H2,1-2H3,(H,27,30)/t19-,21+/m0/s1. The molecule has 0 spiro atoms. The molecule has 0 saturated carbocycles. The van der Waals surface area contributed by atoms with Gasteiger partial charge in [-0.05, 0) is 56.2 Å². The number of carbonyl (C=O) groups is 1. The van der Waals surface area contributed by atoms with Crippen molar-refractivity contribution in [2.75, 3.05) is 29.4 Å². The molecule has 4 rings (SSSR count). The largest absolute Gasteiger partial charge is 0.416 e. The fraction of sp³-hybridized carbons (Fsp3) is 0.435. The molecule has 1 fully saturated rings. The van der Waals surface area contributed by atoms with E-state index in [1.54, 1.807) is 6.07 Å². The zero-order valence-corrected chi connectivity index (χ0v) is 17.1. The van der Waals surface area contributed by atoms with Gasteiger partial charge in [-0.3, -0.25) is 4.79 Å². The topological polar surface area (TPSA) is 35.6 Å². The number of nitrogens with one attached hydrogen (secondary N) is 1. The normalized spacial score (nSPS) is 21.3. The summed E-state index contributed by atoms with van der Waals surface area (Å²) in [5.41, 5.74) is 1.84. The fourth-order valence-electron chi connectivity index (χ4n) is 4.56. The lowest BCUT2D eigenvalue weighted by Gasteiger charge is -2.49. The van der Waals surface area contributed by atoms with E-state index < -0.39 is 17.7 Å². The second-order valence-corrected chi connectivity index (χ2v) is 8.36. The number of carbonyl (C=O) groups excluding carboxylic acids is 1. The van der Waals surface area contributed by atoms with E-state index in [2.05, 4.69) is 15.1 Å². The third kappa shape index (κ3) is 3.98. The van der Waals surface area contributed by atoms with E-state index in [1.165, 1.54) is 6.07 Å². The van der Waals surface area contributed by atoms with E-state index in [4.69, 9.17) is 0 Å². The molecule has 0 bridgehead atoms. The SMILES string of the molecule is CC(C)NC(=O)[C@H]1Cc2cc(C(F)(F)F)ccc2N2CCN(c3ccccc3)C[C@H]12. The predicted octanol–water partition coefficient (Wildman–Crippen LogP) is 4.10. The molecular weight excluding hydrogens is 391 g/mol. The van der Waals surface area contributed by atoms with Gasteiger partial charge in [-0.25, -0.2) is 0 Å². The van der Waals surface area contributed by atoms with Crippen LogP contribution in [0.3, 0.4) is 0 Å². The zero-order valence-electron chi connectivity index (χ0n) is 17.1. The quantitative estimate of drug-likeness (QED) is 0.817. The third-order valence-corrected chi connectivity index (χ3v) is 5.93. The van der Waals surface area contributed by atoms with Crippen molar-refractivity contribution < 1.29 is 18.0 Å². The Hall–Kier alpha value is -2.70. The number of anilines is 2. The number of hydrogen-bond acceptors (Lipinski definition) is 3. The number of halogens is 3. The van der Waals surface area contributed by atoms with Crippen LogP contribution in [-0.2, 0) is 17.4 Å². The first-order valence-electron chi connectivity index (χ1n) is 10.3. The van der Waals surface area contributed by atoms with Crippen LogP contribution in [0.15, 0.2) is 48.5 Å². The second-order valence-electron chi connectivity index (χ2n) is 8.36. The Balaban J connectivity index is 1.69. The molecule has 4 nitrogen and oxygen atoms in total. The van der Waals surface area contributed by atoms with E-state index in [9.17, 15) is 18.0 Å². The number of hydrogen-bond donors (Lipinski definition) is 1. The molecule has 0 aromatic heterocycles. The lowest BCUT2D eigenvalue weighted by atomic mass is 9.82. The van der Waals surface area contributed by atoms with Crippen molar-refractivity contribution in [3.63, 3.8) is 0 Å². The van der Waals surface area contributed by atoms with Crippen LogP contribution < -0.4 is 15.1 Å². The predicted molar refractivity (Wildman–Crippen MR) is 112 cm³/mol. The van der Waals surface area contributed by atoms with Gasteiger partial charge in [0.25, 0.3) is 0 Å². The van der Waals surface area contributed by atoms with E-state index in [0.717, 1.165) is 24.0 Å². The Morgan fingerprint density at radius 2 is 1.83 bits per heavy atom. The average Bonchev–Trinajstić information content (AvgIpc) is 2.71. The number of fused-ring (bicyclic) bond motifs is 3. The Kier molecular flexibility index (Phi) is 5.38. The van der Waals surface area contributed by atoms with Gasteiger partial charge in [0.2, 0.25) is 5.91 Å². The molecule has 1 N–H and O–H groups in total. The molecule has 2 aromatic carbocycles. The van der Waals surface area contributed by atoms with Crippen molar-refractivity contribution in [2.45, 2.75) is 38.5 Å². The first-order chi connectivity index (χ1) is 14.2. The van der Waals surface area contributed by atoms with E-state index in [0.29, 0.717) is 25.1 Å². The van der Waals surface area contributed by atoms with Gasteiger partial charge in [0.1, 0.15) is 0 Å². The molecule has 2 heterocycles. The van der Waals surface area contributed by atoms with Crippen LogP contribution in [0.5, 0.6) is 0 Å². The molecule has 1 amide bonds. The minimum Gasteiger partial charge on any atom is -0.368 e. The number of nitrogens with zero attached hydrogens (tertiary/aromatic N) is 2. The smallest absolute Gasteiger partial charge is 0.368 e. The average molecular weight is 417 g/mol. The summed E-state index contributed by atoms with van der Waals surface area (Å²) in [6.45, 7) is 5.85. The molecule has 2 atom stereocenters. The van der Waals surface area contributed by atoms with Crippen LogP contribution >= 0.6 is 0 Å². The molecular formula is C23H26F3N3O. The van der Waals surface area contributed by atoms with Crippen molar-refractivity contribution in [2.24, 2.45) is 5.92 Å². The minimum absolute atomic E-state index is 0.0253. The van der Waals surface area contributed by atoms with Crippen LogP contribution in [0.25, 0.3) is 0 Å². The summed E-state index contributed by atoms with van der Waals surface area (Å²) >= 11 is 0. The highest BCUT2D eigenvalue weighted by Gasteiger charge is 2.42. The van der Waals surface area contributed by atoms with Crippen molar-refractivity contribution >= 4 is 17.3 Å². The Morgan fingerprint density at radius 3 is 2.50 bits per heavy atom. The van der Waals surface area contributed by atoms with Gasteiger partial charge < -0.3 is 15.1 Å². The molecule has 30 heavy (non-hydrogen) atoms. The summed E-state index contributed by atoms with van der Waals surface area (Å²) in [5, 5.41) is 2.97. The number of para-hydroxylation sites is 1. The van der Waals surface area contributed by atoms with E-state index >= 15 is 0 Å². The molecule has 2 aliphatic rings. The summed E-state index contributed by atoms with van der Waals surface area (Å²) in [5.74, 6) is -0.507. The molecule has 2 aliphatic heterocycles. The molecule has 1 saturated heterocycles. The maximum atomic E-state index is 13.3. The number of piperazine rings is 1. The zero-order chi connectivity index (χ0) is 21.5. The molecule has 0 unspecified atom stereocenters. The molecule has 7 heteroatoms. The lowest BCUT2D eigenvalue weighted by molar-refractivity contribution is -0.137. The van der Waals surface area contributed by atoms with Crippen molar-refractivity contribution in [1.82, 2.24) is 5.32 Å². The van der Waals surface area contributed by atoms with Crippen molar-refractivity contribution in [3.8, 4) is 0 Å². The van der Waals surface area contributed by atoms with Crippen molar-refractivity contribution in [1.29, 1.82) is 0 Å². The minimum atomic E-state index is -4.40. The first-order valence-corrected chi connectivity index (χ1v) is 10.3. The highest BCUT2D eigenvalue weighted by molar-refractivity contribution is 5.82. The molecule has 160 valence electrons. The maximum Gasteiger partial charge on any atom is 0.416 e. The lowest BCUT2D eigenvalue weighted by Crippen LogP contribution is -2.61. The number of rotatable bonds is 3. The highest BCUT2D eigenvalue weighted by atomic mass is 19.4. The van der Waals surface area contributed by atoms with E-state index in [1.807, 2.05) is 44.2 Å². The summed E-state index contributed by atoms with van der Waals surface area (Å²) < 4.78 is 39.8. The Labute approximate surface area is 174 Å². The molecule has 0 radical (unpaired) electrons. The monoisotopic (exact) mass is 417 g/mol. The second kappa shape index (κ2) is 7.85. The van der Waals surface area contributed by atoms with Gasteiger partial charge in [0.05, 0.1) is 17.5 Å². The van der Waals surface area contributed by atoms with Crippen LogP contribution in [0, 0.1) is 5.92 Å². The molecule has 0 aliphatic carbocycles. The summed E-state index contributed by atoms with van der Waals surface area (Å²) in [6.07, 6.45) is -4.09. The summed E-state index contributed by atoms with van der Waals surface area (Å²) in [7, 11) is 0. The Bertz CT molecular complexity index is 914. The van der Waals surface area contributed by atoms with Gasteiger partial charge in [-0.1, -0.05) is 18.2 Å². The van der Waals surface area contributed by atoms with Crippen molar-refractivity contribution in [3.05, 3.63) is 59.7 Å². The van der Waals surface area contributed by atoms with E-state index in [-0.39, 0.29) is 18.0 Å². The maximum absolute atomic E-state index is 13.3. The first kappa shape index (κ1) is 20.6. The van der Waals surface area contributed by atoms with Gasteiger partial charge in [0.15, 0.2) is 0 Å². The Morgan fingerprint density at radius 1 is 1.10 bits per heavy atom. The van der Waals surface area contributed by atoms with Gasteiger partial charge in [0, 0.05) is 37.1 Å². The fourth-order valence-corrected chi connectivity index (χ4v) is 4.56. The van der Waals surface area contributed by atoms with Crippen LogP contribution in [0.2, 0.25) is 0 Å². The van der Waals surface area contributed by atoms with Gasteiger partial charge in [-0.2, -0.15) is 13.2 Å². The summed E-state index contributed by atoms with van der Waals surface area (Å²) in [6, 6.07) is 13.8. The van der Waals surface area contributed by atoms with Gasteiger partial charge in [-0.15, -0.1) is 0 Å². The number of benzene rings is 2. The van der Waals surface area contributed by atoms with Gasteiger partial charge >= 0.3 is 6.18 Å². The van der Waals surface area contributed by atoms with Crippen LogP contribution in [-0.4, -0.2) is 37.6 Å². The number of amides is 1. The number of alkyl halides is 3. The molecule has 2 aromatic rings. The van der Waals surface area contributed by atoms with Crippen LogP contribution in [0.1, 0.15) is 25.0 Å².